The van der Waals surface area contributed by atoms with Crippen LogP contribution in [0.1, 0.15) is 26.9 Å². The van der Waals surface area contributed by atoms with Gasteiger partial charge in [-0.15, -0.1) is 11.8 Å². The molecule has 2 amide bonds. The van der Waals surface area contributed by atoms with E-state index in [1.54, 1.807) is 18.9 Å². The molecule has 3 rings (SSSR count). The van der Waals surface area contributed by atoms with Gasteiger partial charge in [-0.05, 0) is 23.3 Å². The second kappa shape index (κ2) is 8.87. The van der Waals surface area contributed by atoms with Crippen LogP contribution in [0.25, 0.3) is 0 Å². The molecule has 0 aliphatic carbocycles. The van der Waals surface area contributed by atoms with Crippen LogP contribution in [0.4, 0.5) is 0 Å². The van der Waals surface area contributed by atoms with Crippen molar-refractivity contribution in [1.29, 1.82) is 0 Å². The van der Waals surface area contributed by atoms with Crippen LogP contribution in [-0.2, 0) is 16.1 Å². The minimum absolute atomic E-state index is 0.0201. The second-order valence-corrected chi connectivity index (χ2v) is 7.11. The van der Waals surface area contributed by atoms with Crippen molar-refractivity contribution in [1.82, 2.24) is 10.2 Å². The zero-order valence-electron chi connectivity index (χ0n) is 14.7. The van der Waals surface area contributed by atoms with E-state index in [0.29, 0.717) is 31.0 Å². The Balaban J connectivity index is 1.69. The van der Waals surface area contributed by atoms with Gasteiger partial charge >= 0.3 is 0 Å². The average Bonchev–Trinajstić information content (AvgIpc) is 3.03. The number of rotatable bonds is 7. The highest BCUT2D eigenvalue weighted by atomic mass is 32.2. The summed E-state index contributed by atoms with van der Waals surface area (Å²) in [4.78, 5) is 26.3. The summed E-state index contributed by atoms with van der Waals surface area (Å²) in [5, 5.41) is 2.78. The van der Waals surface area contributed by atoms with Gasteiger partial charge in [0.15, 0.2) is 0 Å². The first-order chi connectivity index (χ1) is 12.7. The molecule has 0 bridgehead atoms. The van der Waals surface area contributed by atoms with Gasteiger partial charge in [-0.25, -0.2) is 0 Å². The minimum atomic E-state index is -0.120. The van der Waals surface area contributed by atoms with Gasteiger partial charge in [0.25, 0.3) is 5.91 Å². The number of nitrogens with zero attached hydrogens (tertiary/aromatic N) is 1. The first kappa shape index (κ1) is 18.5. The molecule has 1 aliphatic rings. The fourth-order valence-electron chi connectivity index (χ4n) is 2.85. The van der Waals surface area contributed by atoms with E-state index in [1.165, 1.54) is 0 Å². The number of benzene rings is 2. The summed E-state index contributed by atoms with van der Waals surface area (Å²) < 4.78 is 4.93. The number of hydrogen-bond acceptors (Lipinski definition) is 4. The predicted octanol–water partition coefficient (Wildman–Crippen LogP) is 2.84. The second-order valence-electron chi connectivity index (χ2n) is 6.04. The molecule has 0 spiro atoms. The molecular weight excluding hydrogens is 348 g/mol. The molecule has 1 saturated heterocycles. The van der Waals surface area contributed by atoms with Gasteiger partial charge in [-0.3, -0.25) is 9.59 Å². The molecule has 0 radical (unpaired) electrons. The molecule has 1 atom stereocenters. The van der Waals surface area contributed by atoms with Gasteiger partial charge in [-0.1, -0.05) is 42.5 Å². The maximum atomic E-state index is 12.3. The third-order valence-electron chi connectivity index (χ3n) is 4.21. The van der Waals surface area contributed by atoms with Crippen molar-refractivity contribution in [3.8, 4) is 0 Å². The van der Waals surface area contributed by atoms with Crippen LogP contribution in [0.3, 0.4) is 0 Å². The first-order valence-electron chi connectivity index (χ1n) is 8.51. The summed E-state index contributed by atoms with van der Waals surface area (Å²) in [5.41, 5.74) is 2.75. The molecule has 1 fully saturated rings. The lowest BCUT2D eigenvalue weighted by Crippen LogP contribution is -2.28. The van der Waals surface area contributed by atoms with Crippen LogP contribution in [0.2, 0.25) is 0 Å². The van der Waals surface area contributed by atoms with E-state index in [4.69, 9.17) is 4.74 Å². The Hall–Kier alpha value is -2.31. The summed E-state index contributed by atoms with van der Waals surface area (Å²) in [5.74, 6) is 0.506. The summed E-state index contributed by atoms with van der Waals surface area (Å²) in [6, 6.07) is 17.5. The summed E-state index contributed by atoms with van der Waals surface area (Å²) >= 11 is 1.62. The maximum absolute atomic E-state index is 12.3. The number of nitrogens with one attached hydrogen (secondary N) is 1. The van der Waals surface area contributed by atoms with Crippen LogP contribution < -0.4 is 5.32 Å². The molecule has 5 nitrogen and oxygen atoms in total. The highest BCUT2D eigenvalue weighted by Gasteiger charge is 2.32. The molecule has 1 N–H and O–H groups in total. The van der Waals surface area contributed by atoms with Gasteiger partial charge in [0.2, 0.25) is 5.91 Å². The third-order valence-corrected chi connectivity index (χ3v) is 5.47. The molecule has 0 unspecified atom stereocenters. The molecule has 6 heteroatoms. The summed E-state index contributed by atoms with van der Waals surface area (Å²) in [6.45, 7) is 1.56. The predicted molar refractivity (Wildman–Crippen MR) is 103 cm³/mol. The smallest absolute Gasteiger partial charge is 0.251 e. The van der Waals surface area contributed by atoms with Gasteiger partial charge in [0.1, 0.15) is 5.37 Å². The summed E-state index contributed by atoms with van der Waals surface area (Å²) in [7, 11) is 1.60. The molecule has 0 saturated carbocycles. The zero-order valence-corrected chi connectivity index (χ0v) is 15.5. The van der Waals surface area contributed by atoms with Crippen molar-refractivity contribution < 1.29 is 14.3 Å². The normalized spacial score (nSPS) is 16.7. The van der Waals surface area contributed by atoms with Crippen LogP contribution >= 0.6 is 11.8 Å². The highest BCUT2D eigenvalue weighted by Crippen LogP contribution is 2.39. The van der Waals surface area contributed by atoms with Gasteiger partial charge in [0, 0.05) is 25.8 Å². The van der Waals surface area contributed by atoms with Crippen LogP contribution in [-0.4, -0.2) is 42.7 Å². The van der Waals surface area contributed by atoms with Crippen LogP contribution in [0.15, 0.2) is 54.6 Å². The monoisotopic (exact) mass is 370 g/mol. The highest BCUT2D eigenvalue weighted by molar-refractivity contribution is 8.00. The number of carbonyl (C=O) groups excluding carboxylic acids is 2. The topological polar surface area (TPSA) is 58.6 Å². The molecule has 26 heavy (non-hydrogen) atoms. The lowest BCUT2D eigenvalue weighted by atomic mass is 10.1. The number of amides is 2. The number of ether oxygens (including phenoxy) is 1. The Kier molecular flexibility index (Phi) is 6.30. The molecule has 1 heterocycles. The third kappa shape index (κ3) is 4.45. The molecular formula is C20H22N2O3S. The van der Waals surface area contributed by atoms with E-state index >= 15 is 0 Å². The van der Waals surface area contributed by atoms with Crippen molar-refractivity contribution in [2.75, 3.05) is 26.0 Å². The van der Waals surface area contributed by atoms with E-state index in [1.807, 2.05) is 59.5 Å². The number of hydrogen-bond donors (Lipinski definition) is 1. The number of carbonyl (C=O) groups is 2. The van der Waals surface area contributed by atoms with Crippen molar-refractivity contribution in [3.63, 3.8) is 0 Å². The Morgan fingerprint density at radius 3 is 2.62 bits per heavy atom. The van der Waals surface area contributed by atoms with Gasteiger partial charge < -0.3 is 15.0 Å². The average molecular weight is 370 g/mol. The van der Waals surface area contributed by atoms with E-state index in [0.717, 1.165) is 11.1 Å². The van der Waals surface area contributed by atoms with Gasteiger partial charge in [0.05, 0.1) is 12.4 Å². The SMILES string of the molecule is COCCNC(=O)c1ccc([C@H]2SCC(=O)N2Cc2ccccc2)cc1. The quantitative estimate of drug-likeness (QED) is 0.762. The Morgan fingerprint density at radius 1 is 1.19 bits per heavy atom. The van der Waals surface area contributed by atoms with E-state index < -0.39 is 0 Å². The first-order valence-corrected chi connectivity index (χ1v) is 9.56. The number of methoxy groups -OCH3 is 1. The lowest BCUT2D eigenvalue weighted by Gasteiger charge is -2.24. The maximum Gasteiger partial charge on any atom is 0.251 e. The number of thioether (sulfide) groups is 1. The molecule has 0 aromatic heterocycles. The minimum Gasteiger partial charge on any atom is -0.383 e. The Bertz CT molecular complexity index is 749. The molecule has 136 valence electrons. The van der Waals surface area contributed by atoms with E-state index in [9.17, 15) is 9.59 Å². The fourth-order valence-corrected chi connectivity index (χ4v) is 4.04. The zero-order chi connectivity index (χ0) is 18.4. The molecule has 1 aliphatic heterocycles. The van der Waals surface area contributed by atoms with Crippen LogP contribution in [0.5, 0.6) is 0 Å². The van der Waals surface area contributed by atoms with E-state index in [2.05, 4.69) is 5.32 Å². The largest absolute Gasteiger partial charge is 0.383 e. The van der Waals surface area contributed by atoms with Gasteiger partial charge in [-0.2, -0.15) is 0 Å². The Morgan fingerprint density at radius 2 is 1.92 bits per heavy atom. The van der Waals surface area contributed by atoms with Crippen molar-refractivity contribution in [3.05, 3.63) is 71.3 Å². The van der Waals surface area contributed by atoms with Crippen molar-refractivity contribution in [2.24, 2.45) is 0 Å². The van der Waals surface area contributed by atoms with Crippen molar-refractivity contribution in [2.45, 2.75) is 11.9 Å². The van der Waals surface area contributed by atoms with Crippen molar-refractivity contribution >= 4 is 23.6 Å². The molecule has 2 aromatic carbocycles. The molecule has 2 aromatic rings. The van der Waals surface area contributed by atoms with Crippen LogP contribution in [0, 0.1) is 0 Å². The standard InChI is InChI=1S/C20H22N2O3S/c1-25-12-11-21-19(24)16-7-9-17(10-8-16)20-22(18(23)14-26-20)13-15-5-3-2-4-6-15/h2-10,20H,11-14H2,1H3,(H,21,24)/t20-/m1/s1. The fraction of sp³-hybridized carbons (Fsp3) is 0.300. The lowest BCUT2D eigenvalue weighted by molar-refractivity contribution is -0.128. The summed E-state index contributed by atoms with van der Waals surface area (Å²) in [6.07, 6.45) is 0. The Labute approximate surface area is 157 Å². The van der Waals surface area contributed by atoms with E-state index in [-0.39, 0.29) is 17.2 Å².